The largest absolute Gasteiger partial charge is 0.338 e. The molecule has 0 amide bonds. The Hall–Kier alpha value is -1.97. The zero-order valence-electron chi connectivity index (χ0n) is 15.2. The average Bonchev–Trinajstić information content (AvgIpc) is 3.12. The van der Waals surface area contributed by atoms with Gasteiger partial charge in [0, 0.05) is 36.2 Å². The topological polar surface area (TPSA) is 79.5 Å². The van der Waals surface area contributed by atoms with Crippen LogP contribution in [-0.4, -0.2) is 41.3 Å². The average molecular weight is 441 g/mol. The zero-order chi connectivity index (χ0) is 20.3. The van der Waals surface area contributed by atoms with Crippen molar-refractivity contribution >= 4 is 33.4 Å². The molecule has 7 nitrogen and oxygen atoms in total. The van der Waals surface area contributed by atoms with E-state index in [4.69, 9.17) is 27.7 Å². The van der Waals surface area contributed by atoms with Gasteiger partial charge in [-0.3, -0.25) is 0 Å². The Morgan fingerprint density at radius 3 is 2.07 bits per heavy atom. The fraction of sp³-hybridized carbons (Fsp3) is 0.222. The van der Waals surface area contributed by atoms with E-state index in [9.17, 15) is 8.42 Å². The number of hydrogen-bond donors (Lipinski definition) is 0. The van der Waals surface area contributed by atoms with Gasteiger partial charge in [0.1, 0.15) is 0 Å². The molecule has 3 rings (SSSR count). The van der Waals surface area contributed by atoms with Crippen molar-refractivity contribution in [2.45, 2.75) is 13.1 Å². The first kappa shape index (κ1) is 20.8. The van der Waals surface area contributed by atoms with Crippen molar-refractivity contribution in [2.24, 2.45) is 0 Å². The van der Waals surface area contributed by atoms with E-state index in [1.165, 1.54) is 18.4 Å². The van der Waals surface area contributed by atoms with E-state index in [1.807, 2.05) is 0 Å². The summed E-state index contributed by atoms with van der Waals surface area (Å²) in [6, 6.07) is 13.9. The molecule has 0 fully saturated rings. The molecule has 0 aliphatic rings. The van der Waals surface area contributed by atoms with Crippen LogP contribution >= 0.6 is 23.2 Å². The Morgan fingerprint density at radius 2 is 1.50 bits per heavy atom. The number of nitrogens with zero attached hydrogens (tertiary/aromatic N) is 4. The molecule has 0 aliphatic heterocycles. The minimum absolute atomic E-state index is 0.0657. The maximum atomic E-state index is 12.7. The van der Waals surface area contributed by atoms with Crippen LogP contribution in [0, 0.1) is 0 Å². The van der Waals surface area contributed by atoms with Crippen molar-refractivity contribution in [3.8, 4) is 11.4 Å². The molecule has 1 aromatic heterocycles. The summed E-state index contributed by atoms with van der Waals surface area (Å²) in [5.41, 5.74) is 1.51. The smallest absolute Gasteiger partial charge is 0.282 e. The third kappa shape index (κ3) is 4.89. The minimum Gasteiger partial charge on any atom is -0.338 e. The molecular weight excluding hydrogens is 423 g/mol. The minimum atomic E-state index is -3.72. The lowest BCUT2D eigenvalue weighted by Crippen LogP contribution is -2.39. The summed E-state index contributed by atoms with van der Waals surface area (Å²) in [5, 5.41) is 5.11. The van der Waals surface area contributed by atoms with Crippen molar-refractivity contribution in [1.82, 2.24) is 18.8 Å². The first-order valence-electron chi connectivity index (χ1n) is 8.26. The molecule has 0 aliphatic carbocycles. The first-order valence-corrected chi connectivity index (χ1v) is 10.4. The van der Waals surface area contributed by atoms with Crippen LogP contribution in [0.5, 0.6) is 0 Å². The molecule has 2 aromatic carbocycles. The van der Waals surface area contributed by atoms with Gasteiger partial charge < -0.3 is 4.52 Å². The Balaban J connectivity index is 1.85. The summed E-state index contributed by atoms with van der Waals surface area (Å²) in [7, 11) is -0.779. The van der Waals surface area contributed by atoms with Gasteiger partial charge in [0.2, 0.25) is 11.7 Å². The highest BCUT2D eigenvalue weighted by atomic mass is 35.5. The van der Waals surface area contributed by atoms with Gasteiger partial charge >= 0.3 is 0 Å². The van der Waals surface area contributed by atoms with Crippen molar-refractivity contribution < 1.29 is 12.9 Å². The molecule has 0 unspecified atom stereocenters. The monoisotopic (exact) mass is 440 g/mol. The van der Waals surface area contributed by atoms with Crippen LogP contribution in [0.15, 0.2) is 53.1 Å². The second-order valence-electron chi connectivity index (χ2n) is 6.20. The molecule has 0 saturated carbocycles. The molecule has 0 bridgehead atoms. The van der Waals surface area contributed by atoms with Gasteiger partial charge in [0.05, 0.1) is 6.54 Å². The lowest BCUT2D eigenvalue weighted by molar-refractivity contribution is 0.300. The molecule has 28 heavy (non-hydrogen) atoms. The molecule has 0 N–H and O–H groups in total. The third-order valence-corrected chi connectivity index (χ3v) is 6.28. The van der Waals surface area contributed by atoms with E-state index in [1.54, 1.807) is 48.5 Å². The fourth-order valence-corrected chi connectivity index (χ4v) is 3.73. The van der Waals surface area contributed by atoms with Gasteiger partial charge in [-0.25, -0.2) is 0 Å². The standard InChI is InChI=1S/C18H18Cl2N4O3S/c1-23(2)28(25,26)24(11-13-3-7-15(19)8-4-13)12-17-21-18(22-27-17)14-5-9-16(20)10-6-14/h3-10H,11-12H2,1-2H3. The van der Waals surface area contributed by atoms with E-state index in [2.05, 4.69) is 10.1 Å². The SMILES string of the molecule is CN(C)S(=O)(=O)N(Cc1ccc(Cl)cc1)Cc1nc(-c2ccc(Cl)cc2)no1. The molecule has 148 valence electrons. The quantitative estimate of drug-likeness (QED) is 0.557. The zero-order valence-corrected chi connectivity index (χ0v) is 17.5. The van der Waals surface area contributed by atoms with Crippen LogP contribution in [0.2, 0.25) is 10.0 Å². The Morgan fingerprint density at radius 1 is 0.929 bits per heavy atom. The second kappa shape index (κ2) is 8.59. The molecule has 3 aromatic rings. The maximum absolute atomic E-state index is 12.7. The summed E-state index contributed by atoms with van der Waals surface area (Å²) in [5.74, 6) is 0.546. The lowest BCUT2D eigenvalue weighted by atomic mass is 10.2. The van der Waals surface area contributed by atoms with Crippen molar-refractivity contribution in [1.29, 1.82) is 0 Å². The highest BCUT2D eigenvalue weighted by Gasteiger charge is 2.27. The van der Waals surface area contributed by atoms with Crippen molar-refractivity contribution in [2.75, 3.05) is 14.1 Å². The van der Waals surface area contributed by atoms with E-state index < -0.39 is 10.2 Å². The van der Waals surface area contributed by atoms with Gasteiger partial charge in [0.25, 0.3) is 10.2 Å². The third-order valence-electron chi connectivity index (χ3n) is 3.94. The summed E-state index contributed by atoms with van der Waals surface area (Å²) in [6.07, 6.45) is 0. The fourth-order valence-electron chi connectivity index (χ4n) is 2.43. The molecule has 0 spiro atoms. The van der Waals surface area contributed by atoms with Gasteiger partial charge in [-0.2, -0.15) is 22.0 Å². The summed E-state index contributed by atoms with van der Waals surface area (Å²) in [6.45, 7) is 0.0695. The van der Waals surface area contributed by atoms with E-state index in [0.29, 0.717) is 15.9 Å². The van der Waals surface area contributed by atoms with Gasteiger partial charge in [-0.05, 0) is 42.0 Å². The summed E-state index contributed by atoms with van der Waals surface area (Å²) < 4.78 is 33.2. The molecule has 10 heteroatoms. The van der Waals surface area contributed by atoms with Crippen LogP contribution in [-0.2, 0) is 23.3 Å². The van der Waals surface area contributed by atoms with Crippen molar-refractivity contribution in [3.63, 3.8) is 0 Å². The van der Waals surface area contributed by atoms with E-state index in [0.717, 1.165) is 15.4 Å². The molecular formula is C18H18Cl2N4O3S. The Labute approximate surface area is 173 Å². The summed E-state index contributed by atoms with van der Waals surface area (Å²) in [4.78, 5) is 4.31. The first-order chi connectivity index (χ1) is 13.3. The van der Waals surface area contributed by atoms with Crippen LogP contribution in [0.25, 0.3) is 11.4 Å². The second-order valence-corrected chi connectivity index (χ2v) is 9.22. The van der Waals surface area contributed by atoms with Crippen LogP contribution < -0.4 is 0 Å². The van der Waals surface area contributed by atoms with Gasteiger partial charge in [-0.15, -0.1) is 0 Å². The highest BCUT2D eigenvalue weighted by Crippen LogP contribution is 2.21. The number of rotatable bonds is 7. The van der Waals surface area contributed by atoms with Crippen molar-refractivity contribution in [3.05, 3.63) is 70.0 Å². The highest BCUT2D eigenvalue weighted by molar-refractivity contribution is 7.86. The Bertz CT molecular complexity index is 1040. The lowest BCUT2D eigenvalue weighted by Gasteiger charge is -2.24. The molecule has 0 radical (unpaired) electrons. The normalized spacial score (nSPS) is 12.1. The predicted molar refractivity (Wildman–Crippen MR) is 108 cm³/mol. The number of halogens is 2. The number of benzene rings is 2. The number of hydrogen-bond acceptors (Lipinski definition) is 5. The van der Waals surface area contributed by atoms with Crippen LogP contribution in [0.1, 0.15) is 11.5 Å². The molecule has 1 heterocycles. The van der Waals surface area contributed by atoms with Gasteiger partial charge in [-0.1, -0.05) is 40.5 Å². The van der Waals surface area contributed by atoms with Gasteiger partial charge in [0.15, 0.2) is 0 Å². The predicted octanol–water partition coefficient (Wildman–Crippen LogP) is 3.85. The van der Waals surface area contributed by atoms with Crippen LogP contribution in [0.3, 0.4) is 0 Å². The van der Waals surface area contributed by atoms with E-state index in [-0.39, 0.29) is 19.0 Å². The van der Waals surface area contributed by atoms with Crippen LogP contribution in [0.4, 0.5) is 0 Å². The number of aromatic nitrogens is 2. The summed E-state index contributed by atoms with van der Waals surface area (Å²) >= 11 is 11.8. The molecule has 0 saturated heterocycles. The Kier molecular flexibility index (Phi) is 6.36. The molecule has 0 atom stereocenters. The van der Waals surface area contributed by atoms with E-state index >= 15 is 0 Å². The maximum Gasteiger partial charge on any atom is 0.282 e.